The summed E-state index contributed by atoms with van der Waals surface area (Å²) in [4.78, 5) is 27.2. The predicted molar refractivity (Wildman–Crippen MR) is 146 cm³/mol. The van der Waals surface area contributed by atoms with Crippen LogP contribution in [0.3, 0.4) is 0 Å². The van der Waals surface area contributed by atoms with Gasteiger partial charge in [-0.2, -0.15) is 13.2 Å². The van der Waals surface area contributed by atoms with Gasteiger partial charge in [0.25, 0.3) is 5.91 Å². The van der Waals surface area contributed by atoms with Gasteiger partial charge in [0, 0.05) is 23.8 Å². The summed E-state index contributed by atoms with van der Waals surface area (Å²) >= 11 is 0. The van der Waals surface area contributed by atoms with Crippen LogP contribution < -0.4 is 5.32 Å². The largest absolute Gasteiger partial charge is 0.418 e. The number of hydrogen-bond donors (Lipinski definition) is 2. The standard InChI is InChI=1S/C30H32F3N2O4P/c1-20-26(9-6-16-34-20)35-27(36)23-11-13-25-22(17-23)10-12-24-19-29(30(31,32)33,39-40(2,37)38)15-14-28(24,25)18-21-7-4-3-5-8-21/h3-9,11,13,16-17,24H,10,12,14-15,18-19H2,1-2H3,(H,35,36)(H,37,38)/t24-,28+,29-/m1/s1. The van der Waals surface area contributed by atoms with Crippen molar-refractivity contribution in [1.29, 1.82) is 0 Å². The smallest absolute Gasteiger partial charge is 0.324 e. The maximum absolute atomic E-state index is 14.5. The SMILES string of the molecule is Cc1ncccc1NC(=O)c1ccc2c(c1)CC[C@@H]1C[C@@](OP(C)(=O)O)(C(F)(F)F)CC[C@@]21Cc1ccccc1. The Balaban J connectivity index is 1.53. The number of aryl methyl sites for hydroxylation is 2. The minimum Gasteiger partial charge on any atom is -0.324 e. The molecule has 1 unspecified atom stereocenters. The molecule has 1 aromatic heterocycles. The van der Waals surface area contributed by atoms with E-state index in [-0.39, 0.29) is 12.3 Å². The number of carbonyl (C=O) groups is 1. The quantitative estimate of drug-likeness (QED) is 0.311. The van der Waals surface area contributed by atoms with Crippen LogP contribution in [0.2, 0.25) is 0 Å². The van der Waals surface area contributed by atoms with Crippen molar-refractivity contribution in [1.82, 2.24) is 4.98 Å². The van der Waals surface area contributed by atoms with Crippen molar-refractivity contribution in [2.45, 2.75) is 62.6 Å². The zero-order valence-electron chi connectivity index (χ0n) is 22.4. The van der Waals surface area contributed by atoms with E-state index in [1.165, 1.54) is 0 Å². The Hall–Kier alpha value is -3.00. The molecule has 40 heavy (non-hydrogen) atoms. The van der Waals surface area contributed by atoms with Crippen molar-refractivity contribution >= 4 is 19.2 Å². The number of aromatic nitrogens is 1. The van der Waals surface area contributed by atoms with Gasteiger partial charge in [-0.1, -0.05) is 36.4 Å². The van der Waals surface area contributed by atoms with Crippen LogP contribution in [0.4, 0.5) is 18.9 Å². The summed E-state index contributed by atoms with van der Waals surface area (Å²) in [5, 5.41) is 2.89. The molecular weight excluding hydrogens is 540 g/mol. The molecule has 2 aliphatic carbocycles. The molecular formula is C30H32F3N2O4P. The summed E-state index contributed by atoms with van der Waals surface area (Å²) in [5.74, 6) is -0.729. The number of nitrogens with one attached hydrogen (secondary N) is 1. The zero-order valence-corrected chi connectivity index (χ0v) is 23.3. The van der Waals surface area contributed by atoms with E-state index >= 15 is 0 Å². The number of hydrogen-bond acceptors (Lipinski definition) is 4. The second-order valence-corrected chi connectivity index (χ2v) is 12.9. The van der Waals surface area contributed by atoms with Crippen molar-refractivity contribution in [3.63, 3.8) is 0 Å². The van der Waals surface area contributed by atoms with Crippen LogP contribution >= 0.6 is 7.60 Å². The molecule has 5 rings (SSSR count). The van der Waals surface area contributed by atoms with Crippen molar-refractivity contribution in [3.05, 3.63) is 94.8 Å². The van der Waals surface area contributed by atoms with Gasteiger partial charge in [-0.25, -0.2) is 0 Å². The van der Waals surface area contributed by atoms with Gasteiger partial charge in [-0.3, -0.25) is 18.9 Å². The average Bonchev–Trinajstić information content (AvgIpc) is 2.89. The number of rotatable bonds is 6. The fourth-order valence-electron chi connectivity index (χ4n) is 6.63. The molecule has 0 radical (unpaired) electrons. The number of amides is 1. The van der Waals surface area contributed by atoms with E-state index in [4.69, 9.17) is 4.52 Å². The van der Waals surface area contributed by atoms with Gasteiger partial charge in [-0.05, 0) is 92.3 Å². The second kappa shape index (κ2) is 10.4. The van der Waals surface area contributed by atoms with Crippen LogP contribution in [0.5, 0.6) is 0 Å². The lowest BCUT2D eigenvalue weighted by Gasteiger charge is -2.54. The lowest BCUT2D eigenvalue weighted by atomic mass is 9.52. The molecule has 2 aromatic carbocycles. The molecule has 0 saturated heterocycles. The third-order valence-corrected chi connectivity index (χ3v) is 9.17. The van der Waals surface area contributed by atoms with E-state index in [1.807, 2.05) is 42.5 Å². The van der Waals surface area contributed by atoms with Crippen LogP contribution in [0, 0.1) is 12.8 Å². The number of alkyl halides is 3. The minimum absolute atomic E-state index is 0.124. The van der Waals surface area contributed by atoms with E-state index in [1.54, 1.807) is 31.3 Å². The minimum atomic E-state index is -4.80. The van der Waals surface area contributed by atoms with Gasteiger partial charge in [0.05, 0.1) is 11.4 Å². The van der Waals surface area contributed by atoms with Crippen molar-refractivity contribution in [2.75, 3.05) is 12.0 Å². The Kier molecular flexibility index (Phi) is 7.44. The molecule has 6 nitrogen and oxygen atoms in total. The molecule has 3 aromatic rings. The predicted octanol–water partition coefficient (Wildman–Crippen LogP) is 7.00. The summed E-state index contributed by atoms with van der Waals surface area (Å²) in [7, 11) is -4.42. The number of benzene rings is 2. The molecule has 2 N–H and O–H groups in total. The maximum Gasteiger partial charge on any atom is 0.418 e. The first kappa shape index (κ1) is 28.5. The highest BCUT2D eigenvalue weighted by molar-refractivity contribution is 7.51. The Morgan fingerprint density at radius 1 is 1.15 bits per heavy atom. The summed E-state index contributed by atoms with van der Waals surface area (Å²) in [5.41, 5.74) is 1.30. The van der Waals surface area contributed by atoms with E-state index in [0.717, 1.165) is 23.4 Å². The Labute approximate surface area is 231 Å². The lowest BCUT2D eigenvalue weighted by molar-refractivity contribution is -0.270. The van der Waals surface area contributed by atoms with Gasteiger partial charge in [0.2, 0.25) is 0 Å². The van der Waals surface area contributed by atoms with Crippen molar-refractivity contribution in [2.24, 2.45) is 5.92 Å². The molecule has 1 heterocycles. The summed E-state index contributed by atoms with van der Waals surface area (Å²) in [6.45, 7) is 2.61. The molecule has 0 spiro atoms. The van der Waals surface area contributed by atoms with Gasteiger partial charge < -0.3 is 10.2 Å². The fraction of sp³-hybridized carbons (Fsp3) is 0.400. The highest BCUT2D eigenvalue weighted by atomic mass is 31.2. The summed E-state index contributed by atoms with van der Waals surface area (Å²) in [6.07, 6.45) is -2.41. The summed E-state index contributed by atoms with van der Waals surface area (Å²) in [6, 6.07) is 18.6. The van der Waals surface area contributed by atoms with Gasteiger partial charge in [0.15, 0.2) is 5.60 Å². The maximum atomic E-state index is 14.5. The first-order chi connectivity index (χ1) is 18.8. The lowest BCUT2D eigenvalue weighted by Crippen LogP contribution is -2.57. The monoisotopic (exact) mass is 572 g/mol. The third kappa shape index (κ3) is 5.47. The molecule has 4 atom stereocenters. The van der Waals surface area contributed by atoms with Crippen LogP contribution in [0.15, 0.2) is 66.9 Å². The molecule has 10 heteroatoms. The van der Waals surface area contributed by atoms with E-state index in [0.29, 0.717) is 36.2 Å². The Morgan fingerprint density at radius 3 is 2.58 bits per heavy atom. The Bertz CT molecular complexity index is 1460. The molecule has 1 saturated carbocycles. The third-order valence-electron chi connectivity index (χ3n) is 8.48. The van der Waals surface area contributed by atoms with Gasteiger partial charge in [0.1, 0.15) is 0 Å². The second-order valence-electron chi connectivity index (χ2n) is 11.1. The normalized spacial score (nSPS) is 25.8. The molecule has 1 amide bonds. The highest BCUT2D eigenvalue weighted by Crippen LogP contribution is 2.61. The van der Waals surface area contributed by atoms with Gasteiger partial charge in [-0.15, -0.1) is 0 Å². The fourth-order valence-corrected chi connectivity index (χ4v) is 7.55. The number of fused-ring (bicyclic) bond motifs is 3. The first-order valence-corrected chi connectivity index (χ1v) is 15.3. The molecule has 1 fully saturated rings. The van der Waals surface area contributed by atoms with E-state index in [2.05, 4.69) is 10.3 Å². The molecule has 0 bridgehead atoms. The van der Waals surface area contributed by atoms with Gasteiger partial charge >= 0.3 is 13.8 Å². The van der Waals surface area contributed by atoms with Crippen LogP contribution in [0.1, 0.15) is 58.4 Å². The number of pyridine rings is 1. The molecule has 212 valence electrons. The van der Waals surface area contributed by atoms with Crippen LogP contribution in [-0.4, -0.2) is 34.2 Å². The molecule has 0 aliphatic heterocycles. The average molecular weight is 573 g/mol. The number of nitrogens with zero attached hydrogens (tertiary/aromatic N) is 1. The van der Waals surface area contributed by atoms with Crippen molar-refractivity contribution < 1.29 is 31.9 Å². The highest BCUT2D eigenvalue weighted by Gasteiger charge is 2.64. The van der Waals surface area contributed by atoms with E-state index < -0.39 is 43.5 Å². The summed E-state index contributed by atoms with van der Waals surface area (Å²) < 4.78 is 60.5. The number of anilines is 1. The Morgan fingerprint density at radius 2 is 1.90 bits per heavy atom. The number of halogens is 3. The topological polar surface area (TPSA) is 88.5 Å². The van der Waals surface area contributed by atoms with Crippen molar-refractivity contribution in [3.8, 4) is 0 Å². The van der Waals surface area contributed by atoms with Crippen LogP contribution in [-0.2, 0) is 27.3 Å². The number of carbonyl (C=O) groups excluding carboxylic acids is 1. The first-order valence-electron chi connectivity index (χ1n) is 13.3. The van der Waals surface area contributed by atoms with Crippen LogP contribution in [0.25, 0.3) is 0 Å². The zero-order chi connectivity index (χ0) is 28.8. The molecule has 2 aliphatic rings. The van der Waals surface area contributed by atoms with E-state index in [9.17, 15) is 27.4 Å².